The number of anilines is 1. The summed E-state index contributed by atoms with van der Waals surface area (Å²) in [6, 6.07) is 0.106. The molecule has 1 aliphatic rings. The van der Waals surface area contributed by atoms with Crippen molar-refractivity contribution < 1.29 is 14.3 Å². The number of carbonyl (C=O) groups is 1. The van der Waals surface area contributed by atoms with Gasteiger partial charge in [-0.2, -0.15) is 0 Å². The van der Waals surface area contributed by atoms with Gasteiger partial charge in [0, 0.05) is 6.04 Å². The number of rotatable bonds is 4. The molecule has 2 rings (SSSR count). The maximum Gasteiger partial charge on any atom is 0.326 e. The van der Waals surface area contributed by atoms with Crippen LogP contribution in [0.5, 0.6) is 0 Å². The van der Waals surface area contributed by atoms with Gasteiger partial charge in [0.15, 0.2) is 0 Å². The third-order valence-electron chi connectivity index (χ3n) is 2.54. The minimum Gasteiger partial charge on any atom is -0.480 e. The van der Waals surface area contributed by atoms with Crippen LogP contribution in [-0.2, 0) is 4.79 Å². The molecule has 15 heavy (non-hydrogen) atoms. The van der Waals surface area contributed by atoms with E-state index in [-0.39, 0.29) is 6.04 Å². The summed E-state index contributed by atoms with van der Waals surface area (Å²) < 4.78 is 5.37. The lowest BCUT2D eigenvalue weighted by molar-refractivity contribution is -0.138. The first-order chi connectivity index (χ1) is 7.09. The van der Waals surface area contributed by atoms with Crippen molar-refractivity contribution in [3.8, 4) is 0 Å². The molecule has 82 valence electrons. The summed E-state index contributed by atoms with van der Waals surface area (Å²) in [6.45, 7) is 3.45. The van der Waals surface area contributed by atoms with Crippen LogP contribution in [0.4, 0.5) is 6.01 Å². The van der Waals surface area contributed by atoms with Crippen molar-refractivity contribution in [1.29, 1.82) is 0 Å². The highest BCUT2D eigenvalue weighted by molar-refractivity contribution is 5.77. The largest absolute Gasteiger partial charge is 0.480 e. The first kappa shape index (κ1) is 10.0. The fourth-order valence-electron chi connectivity index (χ4n) is 1.57. The lowest BCUT2D eigenvalue weighted by atomic mass is 10.3. The second-order valence-electron chi connectivity index (χ2n) is 3.91. The van der Waals surface area contributed by atoms with Crippen LogP contribution >= 0.6 is 0 Å². The number of nitrogens with zero attached hydrogens (tertiary/aromatic N) is 2. The molecule has 1 aromatic heterocycles. The molecular weight excluding hydrogens is 196 g/mol. The third-order valence-corrected chi connectivity index (χ3v) is 2.54. The molecule has 0 amide bonds. The van der Waals surface area contributed by atoms with E-state index in [0.717, 1.165) is 12.8 Å². The number of carboxylic acid groups (broad SMARTS) is 1. The van der Waals surface area contributed by atoms with E-state index in [4.69, 9.17) is 9.52 Å². The molecule has 1 fully saturated rings. The molecule has 0 spiro atoms. The summed E-state index contributed by atoms with van der Waals surface area (Å²) in [7, 11) is 0. The minimum absolute atomic E-state index is 0.272. The van der Waals surface area contributed by atoms with Crippen LogP contribution in [0.3, 0.4) is 0 Å². The SMILES string of the molecule is Cc1cnc(N(C2CC2)C(C)C(=O)O)o1. The number of aryl methyl sites for hydroxylation is 1. The van der Waals surface area contributed by atoms with Crippen molar-refractivity contribution in [3.63, 3.8) is 0 Å². The quantitative estimate of drug-likeness (QED) is 0.814. The Morgan fingerprint density at radius 3 is 2.80 bits per heavy atom. The molecule has 1 aromatic rings. The zero-order chi connectivity index (χ0) is 11.0. The number of hydrogen-bond acceptors (Lipinski definition) is 4. The van der Waals surface area contributed by atoms with Gasteiger partial charge >= 0.3 is 5.97 Å². The molecule has 0 aromatic carbocycles. The molecule has 1 unspecified atom stereocenters. The molecule has 1 atom stereocenters. The van der Waals surface area contributed by atoms with Crippen LogP contribution in [0.25, 0.3) is 0 Å². The van der Waals surface area contributed by atoms with Crippen molar-refractivity contribution >= 4 is 12.0 Å². The predicted molar refractivity (Wildman–Crippen MR) is 53.8 cm³/mol. The Bertz CT molecular complexity index is 370. The van der Waals surface area contributed by atoms with Crippen LogP contribution in [0.15, 0.2) is 10.6 Å². The van der Waals surface area contributed by atoms with Gasteiger partial charge in [0.2, 0.25) is 0 Å². The van der Waals surface area contributed by atoms with Gasteiger partial charge in [0.1, 0.15) is 11.8 Å². The normalized spacial score (nSPS) is 17.5. The second kappa shape index (κ2) is 3.56. The standard InChI is InChI=1S/C10H14N2O3/c1-6-5-11-10(15-6)12(8-3-4-8)7(2)9(13)14/h5,7-8H,3-4H2,1-2H3,(H,13,14). The van der Waals surface area contributed by atoms with Crippen molar-refractivity contribution in [2.45, 2.75) is 38.8 Å². The number of carboxylic acids is 1. The molecule has 0 bridgehead atoms. The number of oxazole rings is 1. The zero-order valence-corrected chi connectivity index (χ0v) is 8.80. The van der Waals surface area contributed by atoms with Gasteiger partial charge in [-0.15, -0.1) is 0 Å². The van der Waals surface area contributed by atoms with E-state index in [1.807, 2.05) is 0 Å². The van der Waals surface area contributed by atoms with Crippen molar-refractivity contribution in [1.82, 2.24) is 4.98 Å². The van der Waals surface area contributed by atoms with E-state index < -0.39 is 12.0 Å². The van der Waals surface area contributed by atoms with E-state index >= 15 is 0 Å². The molecule has 0 aliphatic heterocycles. The Balaban J connectivity index is 2.23. The Morgan fingerprint density at radius 1 is 1.73 bits per heavy atom. The average molecular weight is 210 g/mol. The van der Waals surface area contributed by atoms with E-state index in [2.05, 4.69) is 4.98 Å². The number of aromatic nitrogens is 1. The van der Waals surface area contributed by atoms with Crippen molar-refractivity contribution in [3.05, 3.63) is 12.0 Å². The van der Waals surface area contributed by atoms with Gasteiger partial charge in [-0.05, 0) is 26.7 Å². The summed E-state index contributed by atoms with van der Waals surface area (Å²) >= 11 is 0. The molecule has 1 saturated carbocycles. The van der Waals surface area contributed by atoms with Crippen molar-refractivity contribution in [2.75, 3.05) is 4.90 Å². The summed E-state index contributed by atoms with van der Waals surface area (Å²) in [5, 5.41) is 8.99. The van der Waals surface area contributed by atoms with Crippen LogP contribution < -0.4 is 4.90 Å². The Labute approximate surface area is 87.7 Å². The highest BCUT2D eigenvalue weighted by atomic mass is 16.4. The molecule has 0 radical (unpaired) electrons. The molecule has 0 saturated heterocycles. The number of aliphatic carboxylic acids is 1. The predicted octanol–water partition coefficient (Wildman–Crippen LogP) is 1.42. The molecular formula is C10H14N2O3. The average Bonchev–Trinajstić information content (AvgIpc) is 2.90. The minimum atomic E-state index is -0.849. The summed E-state index contributed by atoms with van der Waals surface area (Å²) in [4.78, 5) is 16.8. The van der Waals surface area contributed by atoms with Gasteiger partial charge in [-0.25, -0.2) is 9.78 Å². The highest BCUT2D eigenvalue weighted by Gasteiger charge is 2.37. The van der Waals surface area contributed by atoms with Crippen LogP contribution in [0, 0.1) is 6.92 Å². The Morgan fingerprint density at radius 2 is 2.40 bits per heavy atom. The van der Waals surface area contributed by atoms with E-state index in [0.29, 0.717) is 11.8 Å². The monoisotopic (exact) mass is 210 g/mol. The maximum atomic E-state index is 10.9. The van der Waals surface area contributed by atoms with Gasteiger partial charge in [0.05, 0.1) is 6.20 Å². The summed E-state index contributed by atoms with van der Waals surface area (Å²) in [6.07, 6.45) is 3.64. The van der Waals surface area contributed by atoms with E-state index in [1.165, 1.54) is 0 Å². The first-order valence-electron chi connectivity index (χ1n) is 5.03. The lowest BCUT2D eigenvalue weighted by Crippen LogP contribution is -2.40. The fourth-order valence-corrected chi connectivity index (χ4v) is 1.57. The van der Waals surface area contributed by atoms with Gasteiger partial charge in [-0.3, -0.25) is 0 Å². The van der Waals surface area contributed by atoms with Crippen LogP contribution in [-0.4, -0.2) is 28.1 Å². The summed E-state index contributed by atoms with van der Waals surface area (Å²) in [5.41, 5.74) is 0. The highest BCUT2D eigenvalue weighted by Crippen LogP contribution is 2.33. The molecule has 5 heteroatoms. The van der Waals surface area contributed by atoms with Crippen LogP contribution in [0.1, 0.15) is 25.5 Å². The van der Waals surface area contributed by atoms with Crippen LogP contribution in [0.2, 0.25) is 0 Å². The van der Waals surface area contributed by atoms with Gasteiger partial charge < -0.3 is 14.4 Å². The Hall–Kier alpha value is -1.52. The fraction of sp³-hybridized carbons (Fsp3) is 0.600. The molecule has 1 aliphatic carbocycles. The Kier molecular flexibility index (Phi) is 2.38. The van der Waals surface area contributed by atoms with E-state index in [9.17, 15) is 4.79 Å². The topological polar surface area (TPSA) is 66.6 Å². The maximum absolute atomic E-state index is 10.9. The smallest absolute Gasteiger partial charge is 0.326 e. The van der Waals surface area contributed by atoms with Gasteiger partial charge in [0.25, 0.3) is 6.01 Å². The third kappa shape index (κ3) is 1.95. The van der Waals surface area contributed by atoms with Crippen molar-refractivity contribution in [2.24, 2.45) is 0 Å². The first-order valence-corrected chi connectivity index (χ1v) is 5.03. The molecule has 5 nitrogen and oxygen atoms in total. The molecule has 1 heterocycles. The molecule has 1 N–H and O–H groups in total. The second-order valence-corrected chi connectivity index (χ2v) is 3.91. The van der Waals surface area contributed by atoms with E-state index in [1.54, 1.807) is 24.9 Å². The van der Waals surface area contributed by atoms with Gasteiger partial charge in [-0.1, -0.05) is 0 Å². The summed E-state index contributed by atoms with van der Waals surface area (Å²) in [5.74, 6) is -0.147. The zero-order valence-electron chi connectivity index (χ0n) is 8.80. The lowest BCUT2D eigenvalue weighted by Gasteiger charge is -2.24. The number of hydrogen-bond donors (Lipinski definition) is 1.